The van der Waals surface area contributed by atoms with Gasteiger partial charge in [-0.3, -0.25) is 9.69 Å². The van der Waals surface area contributed by atoms with E-state index in [1.54, 1.807) is 30.9 Å². The second kappa shape index (κ2) is 9.28. The number of carbonyl (C=O) groups excluding carboxylic acids is 2. The van der Waals surface area contributed by atoms with Crippen LogP contribution >= 0.6 is 11.3 Å². The molecule has 5 nitrogen and oxygen atoms in total. The van der Waals surface area contributed by atoms with Gasteiger partial charge in [0.2, 0.25) is 5.91 Å². The molecule has 0 aliphatic heterocycles. The Morgan fingerprint density at radius 3 is 2.54 bits per heavy atom. The minimum atomic E-state index is -0.421. The topological polar surface area (TPSA) is 59.5 Å². The van der Waals surface area contributed by atoms with E-state index >= 15 is 0 Å². The first kappa shape index (κ1) is 20.5. The molecule has 0 atom stereocenters. The van der Waals surface area contributed by atoms with E-state index < -0.39 is 5.97 Å². The number of rotatable bonds is 6. The minimum Gasteiger partial charge on any atom is -0.462 e. The van der Waals surface area contributed by atoms with Crippen LogP contribution in [0.4, 0.5) is 9.52 Å². The van der Waals surface area contributed by atoms with Gasteiger partial charge in [0.15, 0.2) is 5.13 Å². The lowest BCUT2D eigenvalue weighted by Crippen LogP contribution is -2.36. The van der Waals surface area contributed by atoms with Gasteiger partial charge in [0, 0.05) is 5.92 Å². The lowest BCUT2D eigenvalue weighted by Gasteiger charge is -2.27. The summed E-state index contributed by atoms with van der Waals surface area (Å²) in [6.07, 6.45) is 4.99. The highest BCUT2D eigenvalue weighted by atomic mass is 32.1. The lowest BCUT2D eigenvalue weighted by molar-refractivity contribution is -0.123. The van der Waals surface area contributed by atoms with Crippen molar-refractivity contribution in [2.45, 2.75) is 52.5 Å². The molecule has 1 aliphatic rings. The zero-order valence-electron chi connectivity index (χ0n) is 16.2. The Morgan fingerprint density at radius 1 is 1.21 bits per heavy atom. The Bertz CT molecular complexity index is 829. The smallest absolute Gasteiger partial charge is 0.350 e. The number of benzene rings is 1. The van der Waals surface area contributed by atoms with E-state index in [1.165, 1.54) is 23.5 Å². The number of halogens is 1. The molecule has 0 saturated heterocycles. The number of hydrogen-bond acceptors (Lipinski definition) is 5. The summed E-state index contributed by atoms with van der Waals surface area (Å²) < 4.78 is 18.4. The van der Waals surface area contributed by atoms with E-state index in [0.29, 0.717) is 22.2 Å². The molecule has 0 bridgehead atoms. The number of nitrogens with zero attached hydrogens (tertiary/aromatic N) is 2. The highest BCUT2D eigenvalue weighted by Crippen LogP contribution is 2.32. The van der Waals surface area contributed by atoms with Crippen molar-refractivity contribution in [1.29, 1.82) is 0 Å². The molecule has 2 aromatic rings. The van der Waals surface area contributed by atoms with Crippen molar-refractivity contribution in [3.63, 3.8) is 0 Å². The highest BCUT2D eigenvalue weighted by Gasteiger charge is 2.30. The molecule has 28 heavy (non-hydrogen) atoms. The van der Waals surface area contributed by atoms with Crippen molar-refractivity contribution in [3.05, 3.63) is 46.2 Å². The monoisotopic (exact) mass is 404 g/mol. The molecule has 150 valence electrons. The van der Waals surface area contributed by atoms with Crippen LogP contribution in [0.3, 0.4) is 0 Å². The zero-order chi connectivity index (χ0) is 20.1. The van der Waals surface area contributed by atoms with E-state index in [0.717, 1.165) is 37.7 Å². The van der Waals surface area contributed by atoms with E-state index in [9.17, 15) is 14.0 Å². The van der Waals surface area contributed by atoms with Crippen LogP contribution in [0.1, 0.15) is 60.0 Å². The average Bonchev–Trinajstić information content (AvgIpc) is 3.09. The van der Waals surface area contributed by atoms with Crippen molar-refractivity contribution in [2.75, 3.05) is 11.5 Å². The second-order valence-electron chi connectivity index (χ2n) is 7.02. The average molecular weight is 405 g/mol. The number of amides is 1. The first-order chi connectivity index (χ1) is 13.5. The Kier molecular flexibility index (Phi) is 6.78. The van der Waals surface area contributed by atoms with Crippen LogP contribution in [0.5, 0.6) is 0 Å². The molecule has 0 unspecified atom stereocenters. The summed E-state index contributed by atoms with van der Waals surface area (Å²) in [6, 6.07) is 6.11. The van der Waals surface area contributed by atoms with Gasteiger partial charge in [-0.1, -0.05) is 42.7 Å². The van der Waals surface area contributed by atoms with E-state index in [4.69, 9.17) is 4.74 Å². The number of aryl methyl sites for hydroxylation is 1. The van der Waals surface area contributed by atoms with Crippen molar-refractivity contribution < 1.29 is 18.7 Å². The summed E-state index contributed by atoms with van der Waals surface area (Å²) in [4.78, 5) is 32.0. The summed E-state index contributed by atoms with van der Waals surface area (Å²) in [5.41, 5.74) is 1.37. The maximum absolute atomic E-state index is 13.3. The molecular weight excluding hydrogens is 379 g/mol. The second-order valence-corrected chi connectivity index (χ2v) is 7.99. The first-order valence-electron chi connectivity index (χ1n) is 9.70. The Labute approximate surface area is 168 Å². The Morgan fingerprint density at radius 2 is 1.89 bits per heavy atom. The lowest BCUT2D eigenvalue weighted by atomic mass is 9.88. The number of ether oxygens (including phenoxy) is 1. The predicted molar refractivity (Wildman–Crippen MR) is 107 cm³/mol. The fraction of sp³-hybridized carbons (Fsp3) is 0.476. The van der Waals surface area contributed by atoms with E-state index in [2.05, 4.69) is 4.98 Å². The van der Waals surface area contributed by atoms with Crippen LogP contribution in [0.2, 0.25) is 0 Å². The van der Waals surface area contributed by atoms with Crippen LogP contribution in [-0.4, -0.2) is 23.5 Å². The molecule has 1 heterocycles. The molecule has 0 N–H and O–H groups in total. The third-order valence-electron chi connectivity index (χ3n) is 4.95. The zero-order valence-corrected chi connectivity index (χ0v) is 17.1. The number of hydrogen-bond donors (Lipinski definition) is 0. The molecule has 0 radical (unpaired) electrons. The Hall–Kier alpha value is -2.28. The van der Waals surface area contributed by atoms with E-state index in [1.807, 2.05) is 0 Å². The maximum atomic E-state index is 13.3. The summed E-state index contributed by atoms with van der Waals surface area (Å²) in [5.74, 6) is -0.753. The SMILES string of the molecule is CCOC(=O)c1sc(N(Cc2ccc(F)cc2)C(=O)C2CCCCC2)nc1C. The number of anilines is 1. The molecule has 1 aromatic carbocycles. The standard InChI is InChI=1S/C21H25FN2O3S/c1-3-27-20(26)18-14(2)23-21(28-18)24(13-15-9-11-17(22)12-10-15)19(25)16-7-5-4-6-8-16/h9-12,16H,3-8,13H2,1-2H3. The molecule has 1 aliphatic carbocycles. The largest absolute Gasteiger partial charge is 0.462 e. The minimum absolute atomic E-state index is 0.0215. The molecule has 1 aromatic heterocycles. The van der Waals surface area contributed by atoms with Gasteiger partial charge in [-0.25, -0.2) is 14.2 Å². The molecule has 3 rings (SSSR count). The Balaban J connectivity index is 1.91. The van der Waals surface area contributed by atoms with Gasteiger partial charge in [-0.05, 0) is 44.4 Å². The van der Waals surface area contributed by atoms with Crippen LogP contribution in [-0.2, 0) is 16.1 Å². The summed E-state index contributed by atoms with van der Waals surface area (Å²) >= 11 is 1.18. The fourth-order valence-corrected chi connectivity index (χ4v) is 4.43. The molecule has 1 amide bonds. The van der Waals surface area contributed by atoms with Crippen molar-refractivity contribution in [2.24, 2.45) is 5.92 Å². The van der Waals surface area contributed by atoms with Crippen LogP contribution in [0.25, 0.3) is 0 Å². The van der Waals surface area contributed by atoms with E-state index in [-0.39, 0.29) is 24.2 Å². The number of carbonyl (C=O) groups is 2. The quantitative estimate of drug-likeness (QED) is 0.644. The van der Waals surface area contributed by atoms with Crippen LogP contribution in [0.15, 0.2) is 24.3 Å². The van der Waals surface area contributed by atoms with Gasteiger partial charge in [0.05, 0.1) is 18.8 Å². The van der Waals surface area contributed by atoms with Gasteiger partial charge in [0.1, 0.15) is 10.7 Å². The van der Waals surface area contributed by atoms with Crippen LogP contribution in [0, 0.1) is 18.7 Å². The number of thiazole rings is 1. The summed E-state index contributed by atoms with van der Waals surface area (Å²) in [7, 11) is 0. The van der Waals surface area contributed by atoms with Crippen molar-refractivity contribution in [1.82, 2.24) is 4.98 Å². The summed E-state index contributed by atoms with van der Waals surface area (Å²) in [6.45, 7) is 4.08. The normalized spacial score (nSPS) is 14.7. The van der Waals surface area contributed by atoms with Gasteiger partial charge in [0.25, 0.3) is 0 Å². The first-order valence-corrected chi connectivity index (χ1v) is 10.5. The molecular formula is C21H25FN2O3S. The molecule has 7 heteroatoms. The van der Waals surface area contributed by atoms with Gasteiger partial charge >= 0.3 is 5.97 Å². The van der Waals surface area contributed by atoms with Gasteiger partial charge in [-0.15, -0.1) is 0 Å². The summed E-state index contributed by atoms with van der Waals surface area (Å²) in [5, 5.41) is 0.487. The fourth-order valence-electron chi connectivity index (χ4n) is 3.47. The third-order valence-corrected chi connectivity index (χ3v) is 6.11. The number of esters is 1. The predicted octanol–water partition coefficient (Wildman–Crippen LogP) is 4.88. The number of aromatic nitrogens is 1. The molecule has 0 spiro atoms. The van der Waals surface area contributed by atoms with Gasteiger partial charge < -0.3 is 4.74 Å². The van der Waals surface area contributed by atoms with Crippen molar-refractivity contribution >= 4 is 28.3 Å². The van der Waals surface area contributed by atoms with Crippen LogP contribution < -0.4 is 4.90 Å². The molecule has 1 fully saturated rings. The molecule has 1 saturated carbocycles. The third kappa shape index (κ3) is 4.76. The van der Waals surface area contributed by atoms with Gasteiger partial charge in [-0.2, -0.15) is 0 Å². The van der Waals surface area contributed by atoms with Crippen molar-refractivity contribution in [3.8, 4) is 0 Å². The maximum Gasteiger partial charge on any atom is 0.350 e. The highest BCUT2D eigenvalue weighted by molar-refractivity contribution is 7.17.